The fourth-order valence-corrected chi connectivity index (χ4v) is 5.41. The second-order valence-electron chi connectivity index (χ2n) is 9.90. The van der Waals surface area contributed by atoms with Crippen molar-refractivity contribution in [2.24, 2.45) is 0 Å². The molecule has 0 unspecified atom stereocenters. The summed E-state index contributed by atoms with van der Waals surface area (Å²) in [5, 5.41) is 5.11. The molecule has 4 aromatic carbocycles. The van der Waals surface area contributed by atoms with Crippen molar-refractivity contribution in [2.45, 2.75) is 19.9 Å². The van der Waals surface area contributed by atoms with E-state index >= 15 is 0 Å². The summed E-state index contributed by atoms with van der Waals surface area (Å²) in [6.07, 6.45) is 9.37. The third-order valence-corrected chi connectivity index (χ3v) is 7.21. The first-order chi connectivity index (χ1) is 19.2. The first-order valence-corrected chi connectivity index (χ1v) is 13.2. The molecule has 8 rings (SSSR count). The van der Waals surface area contributed by atoms with E-state index in [1.807, 2.05) is 48.5 Å². The van der Waals surface area contributed by atoms with E-state index in [4.69, 9.17) is 0 Å². The van der Waals surface area contributed by atoms with Gasteiger partial charge in [0.05, 0.1) is 11.6 Å². The van der Waals surface area contributed by atoms with Crippen LogP contribution in [0.5, 0.6) is 0 Å². The number of rotatable bonds is 3. The van der Waals surface area contributed by atoms with Crippen molar-refractivity contribution in [3.05, 3.63) is 134 Å². The van der Waals surface area contributed by atoms with E-state index in [0.29, 0.717) is 6.04 Å². The van der Waals surface area contributed by atoms with E-state index in [0.717, 1.165) is 16.9 Å². The number of pyridine rings is 1. The summed E-state index contributed by atoms with van der Waals surface area (Å²) in [7, 11) is 0. The summed E-state index contributed by atoms with van der Waals surface area (Å²) in [5.74, 6) is 0. The Bertz CT molecular complexity index is 2000. The minimum atomic E-state index is 0. The summed E-state index contributed by atoms with van der Waals surface area (Å²) in [6, 6.07) is 40.1. The zero-order valence-electron chi connectivity index (χ0n) is 22.2. The molecule has 0 atom stereocenters. The van der Waals surface area contributed by atoms with Gasteiger partial charge in [0.15, 0.2) is 0 Å². The molecule has 0 spiro atoms. The number of aromatic nitrogens is 4. The molecule has 5 heteroatoms. The summed E-state index contributed by atoms with van der Waals surface area (Å²) in [4.78, 5) is 4.22. The number of benzene rings is 4. The quantitative estimate of drug-likeness (QED) is 0.138. The van der Waals surface area contributed by atoms with E-state index in [1.54, 1.807) is 6.20 Å². The molecule has 0 saturated heterocycles. The first-order valence-electron chi connectivity index (χ1n) is 13.2. The van der Waals surface area contributed by atoms with Gasteiger partial charge in [-0.15, -0.1) is 42.0 Å². The Labute approximate surface area is 246 Å². The van der Waals surface area contributed by atoms with Gasteiger partial charge in [0.2, 0.25) is 6.33 Å². The molecule has 0 aliphatic heterocycles. The van der Waals surface area contributed by atoms with Crippen LogP contribution in [0, 0.1) is 18.5 Å². The number of para-hydroxylation sites is 2. The van der Waals surface area contributed by atoms with Gasteiger partial charge in [0, 0.05) is 34.9 Å². The molecule has 0 aliphatic carbocycles. The Morgan fingerprint density at radius 2 is 1.55 bits per heavy atom. The summed E-state index contributed by atoms with van der Waals surface area (Å²) >= 11 is 0. The van der Waals surface area contributed by atoms with Gasteiger partial charge in [0.1, 0.15) is 0 Å². The van der Waals surface area contributed by atoms with Crippen molar-refractivity contribution in [1.29, 1.82) is 0 Å². The molecule has 4 heterocycles. The normalized spacial score (nSPS) is 11.3. The van der Waals surface area contributed by atoms with Crippen molar-refractivity contribution < 1.29 is 24.7 Å². The standard InChI is InChI=1S/C24H18N3.C11H8N.Ir/c1-16(2)25-13-14-26(15-25)21-11-6-12-22-23(21)19-9-5-8-18-17-7-3-4-10-20(17)27(22)24(18)19;1-2-6-10(7-3-1)11-8-4-5-9-12-11;/h3-10,12-14,16H,1-2H3;1-6,8-9H;/q2*-1;+3. The third kappa shape index (κ3) is 4.28. The topological polar surface area (TPSA) is 26.1 Å². The fraction of sp³-hybridized carbons (Fsp3) is 0.0857. The van der Waals surface area contributed by atoms with Crippen LogP contribution in [0.1, 0.15) is 19.9 Å². The van der Waals surface area contributed by atoms with Crippen LogP contribution in [-0.4, -0.2) is 14.0 Å². The molecule has 0 aliphatic rings. The Balaban J connectivity index is 0.000000188. The number of fused-ring (bicyclic) bond motifs is 6. The molecule has 0 radical (unpaired) electrons. The van der Waals surface area contributed by atoms with Gasteiger partial charge in [-0.05, 0) is 31.7 Å². The van der Waals surface area contributed by atoms with Gasteiger partial charge in [-0.2, -0.15) is 12.1 Å². The van der Waals surface area contributed by atoms with E-state index in [1.165, 1.54) is 38.1 Å². The maximum atomic E-state index is 4.22. The van der Waals surface area contributed by atoms with E-state index < -0.39 is 0 Å². The summed E-state index contributed by atoms with van der Waals surface area (Å²) < 4.78 is 6.55. The maximum absolute atomic E-state index is 4.22. The van der Waals surface area contributed by atoms with Gasteiger partial charge in [-0.25, -0.2) is 0 Å². The molecule has 194 valence electrons. The van der Waals surface area contributed by atoms with Crippen molar-refractivity contribution in [3.8, 4) is 16.9 Å². The molecule has 0 saturated carbocycles. The number of hydrogen-bond donors (Lipinski definition) is 0. The van der Waals surface area contributed by atoms with Crippen LogP contribution in [0.25, 0.3) is 55.0 Å². The predicted molar refractivity (Wildman–Crippen MR) is 157 cm³/mol. The van der Waals surface area contributed by atoms with Crippen LogP contribution < -0.4 is 4.57 Å². The van der Waals surface area contributed by atoms with Gasteiger partial charge in [0.25, 0.3) is 0 Å². The van der Waals surface area contributed by atoms with Crippen molar-refractivity contribution in [2.75, 3.05) is 0 Å². The monoisotopic (exact) mass is 695 g/mol. The number of nitrogens with zero attached hydrogens (tertiary/aromatic N) is 4. The Morgan fingerprint density at radius 1 is 0.750 bits per heavy atom. The van der Waals surface area contributed by atoms with Crippen LogP contribution >= 0.6 is 0 Å². The van der Waals surface area contributed by atoms with E-state index in [2.05, 4.69) is 112 Å². The Morgan fingerprint density at radius 3 is 2.33 bits per heavy atom. The average Bonchev–Trinajstić information content (AvgIpc) is 3.71. The second kappa shape index (κ2) is 10.7. The van der Waals surface area contributed by atoms with Crippen LogP contribution in [-0.2, 0) is 20.1 Å². The molecule has 8 aromatic rings. The molecule has 4 aromatic heterocycles. The van der Waals surface area contributed by atoms with Gasteiger partial charge >= 0.3 is 20.1 Å². The first kappa shape index (κ1) is 25.9. The van der Waals surface area contributed by atoms with Crippen LogP contribution in [0.2, 0.25) is 0 Å². The molecular weight excluding hydrogens is 669 g/mol. The predicted octanol–water partition coefficient (Wildman–Crippen LogP) is 7.64. The summed E-state index contributed by atoms with van der Waals surface area (Å²) in [6.45, 7) is 4.33. The SMILES string of the molecule is CC(C)[n+]1[c-]n(-c2[c-]ccc3c2c2cccc4c5ccccc5n3c42)cc1.[Ir+3].[c-]1ccccc1-c1ccccn1. The van der Waals surface area contributed by atoms with E-state index in [9.17, 15) is 0 Å². The molecule has 0 amide bonds. The number of hydrogen-bond acceptors (Lipinski definition) is 1. The molecule has 0 N–H and O–H groups in total. The Hall–Kier alpha value is -4.31. The average molecular weight is 695 g/mol. The summed E-state index contributed by atoms with van der Waals surface area (Å²) in [5.41, 5.74) is 6.82. The Kier molecular flexibility index (Phi) is 6.93. The minimum Gasteiger partial charge on any atom is -0.348 e. The largest absolute Gasteiger partial charge is 3.00 e. The van der Waals surface area contributed by atoms with Crippen molar-refractivity contribution in [3.63, 3.8) is 0 Å². The molecule has 0 bridgehead atoms. The number of imidazole rings is 1. The zero-order chi connectivity index (χ0) is 26.3. The fourth-order valence-electron chi connectivity index (χ4n) is 5.41. The molecule has 4 nitrogen and oxygen atoms in total. The second-order valence-corrected chi connectivity index (χ2v) is 9.90. The van der Waals surface area contributed by atoms with Crippen LogP contribution in [0.4, 0.5) is 0 Å². The van der Waals surface area contributed by atoms with Gasteiger partial charge in [-0.1, -0.05) is 70.5 Å². The van der Waals surface area contributed by atoms with Crippen LogP contribution in [0.3, 0.4) is 0 Å². The van der Waals surface area contributed by atoms with Crippen molar-refractivity contribution >= 4 is 38.1 Å². The molecule has 40 heavy (non-hydrogen) atoms. The van der Waals surface area contributed by atoms with Crippen molar-refractivity contribution in [1.82, 2.24) is 14.0 Å². The van der Waals surface area contributed by atoms with Crippen LogP contribution in [0.15, 0.2) is 116 Å². The smallest absolute Gasteiger partial charge is 0.348 e. The molecule has 0 fully saturated rings. The molecular formula is C35H26IrN4+. The minimum absolute atomic E-state index is 0. The third-order valence-electron chi connectivity index (χ3n) is 7.21. The van der Waals surface area contributed by atoms with Gasteiger partial charge in [-0.3, -0.25) is 0 Å². The maximum Gasteiger partial charge on any atom is 3.00 e. The van der Waals surface area contributed by atoms with Gasteiger partial charge < -0.3 is 18.5 Å². The van der Waals surface area contributed by atoms with E-state index in [-0.39, 0.29) is 20.1 Å². The zero-order valence-corrected chi connectivity index (χ0v) is 24.6.